The van der Waals surface area contributed by atoms with Gasteiger partial charge in [-0.15, -0.1) is 0 Å². The standard InChI is InChI=1S/C14H23N5/c1-5-8-12-13(15)14(18(4)17-12)19-11(7-3)9-10(6-2)16-19/h9H,5-8,15H2,1-4H3. The van der Waals surface area contributed by atoms with Crippen LogP contribution in [0, 0.1) is 0 Å². The van der Waals surface area contributed by atoms with Crippen LogP contribution < -0.4 is 5.73 Å². The number of hydrogen-bond donors (Lipinski definition) is 1. The Morgan fingerprint density at radius 3 is 2.47 bits per heavy atom. The summed E-state index contributed by atoms with van der Waals surface area (Å²) in [4.78, 5) is 0. The van der Waals surface area contributed by atoms with E-state index in [4.69, 9.17) is 5.73 Å². The van der Waals surface area contributed by atoms with Crippen LogP contribution in [0.3, 0.4) is 0 Å². The summed E-state index contributed by atoms with van der Waals surface area (Å²) in [6.07, 6.45) is 3.81. The number of nitrogens with zero attached hydrogens (tertiary/aromatic N) is 4. The van der Waals surface area contributed by atoms with Crippen LogP contribution in [-0.4, -0.2) is 19.6 Å². The van der Waals surface area contributed by atoms with E-state index >= 15 is 0 Å². The Bertz CT molecular complexity index is 565. The van der Waals surface area contributed by atoms with E-state index in [9.17, 15) is 0 Å². The maximum absolute atomic E-state index is 6.25. The quantitative estimate of drug-likeness (QED) is 0.898. The third-order valence-electron chi connectivity index (χ3n) is 3.37. The average Bonchev–Trinajstić information content (AvgIpc) is 2.92. The Kier molecular flexibility index (Phi) is 3.93. The first kappa shape index (κ1) is 13.6. The van der Waals surface area contributed by atoms with E-state index in [-0.39, 0.29) is 0 Å². The molecule has 2 rings (SSSR count). The molecule has 0 aromatic carbocycles. The molecule has 0 spiro atoms. The summed E-state index contributed by atoms with van der Waals surface area (Å²) in [5, 5.41) is 9.16. The minimum Gasteiger partial charge on any atom is -0.394 e. The molecule has 0 atom stereocenters. The normalized spacial score (nSPS) is 11.2. The Labute approximate surface area is 114 Å². The van der Waals surface area contributed by atoms with Gasteiger partial charge in [-0.3, -0.25) is 0 Å². The molecule has 5 heteroatoms. The maximum atomic E-state index is 6.25. The van der Waals surface area contributed by atoms with Crippen molar-refractivity contribution in [2.45, 2.75) is 46.5 Å². The van der Waals surface area contributed by atoms with Crippen LogP contribution in [0.15, 0.2) is 6.07 Å². The minimum absolute atomic E-state index is 0.754. The predicted octanol–water partition coefficient (Wildman–Crippen LogP) is 2.27. The minimum atomic E-state index is 0.754. The van der Waals surface area contributed by atoms with E-state index in [1.165, 1.54) is 5.69 Å². The highest BCUT2D eigenvalue weighted by molar-refractivity contribution is 5.58. The van der Waals surface area contributed by atoms with Crippen molar-refractivity contribution in [1.29, 1.82) is 0 Å². The number of nitrogen functional groups attached to an aromatic ring is 1. The maximum Gasteiger partial charge on any atom is 0.175 e. The van der Waals surface area contributed by atoms with Crippen LogP contribution in [0.2, 0.25) is 0 Å². The molecule has 0 unspecified atom stereocenters. The van der Waals surface area contributed by atoms with Crippen LogP contribution in [0.4, 0.5) is 5.69 Å². The molecule has 0 aliphatic rings. The van der Waals surface area contributed by atoms with Crippen molar-refractivity contribution in [3.05, 3.63) is 23.1 Å². The highest BCUT2D eigenvalue weighted by Crippen LogP contribution is 2.23. The largest absolute Gasteiger partial charge is 0.394 e. The van der Waals surface area contributed by atoms with Crippen molar-refractivity contribution in [2.75, 3.05) is 5.73 Å². The molecule has 2 aromatic rings. The molecular weight excluding hydrogens is 238 g/mol. The zero-order valence-corrected chi connectivity index (χ0v) is 12.3. The van der Waals surface area contributed by atoms with Gasteiger partial charge in [0.1, 0.15) is 5.69 Å². The topological polar surface area (TPSA) is 61.7 Å². The fourth-order valence-electron chi connectivity index (χ4n) is 2.34. The summed E-state index contributed by atoms with van der Waals surface area (Å²) in [5.41, 5.74) is 10.2. The monoisotopic (exact) mass is 261 g/mol. The van der Waals surface area contributed by atoms with Crippen molar-refractivity contribution < 1.29 is 0 Å². The first-order valence-electron chi connectivity index (χ1n) is 7.01. The molecule has 2 heterocycles. The fourth-order valence-corrected chi connectivity index (χ4v) is 2.34. The second-order valence-electron chi connectivity index (χ2n) is 4.80. The third kappa shape index (κ3) is 2.37. The van der Waals surface area contributed by atoms with Crippen LogP contribution in [0.25, 0.3) is 5.82 Å². The summed E-state index contributed by atoms with van der Waals surface area (Å²) < 4.78 is 3.78. The molecule has 19 heavy (non-hydrogen) atoms. The molecule has 0 saturated carbocycles. The number of anilines is 1. The van der Waals surface area contributed by atoms with Crippen LogP contribution in [-0.2, 0) is 26.3 Å². The van der Waals surface area contributed by atoms with Gasteiger partial charge >= 0.3 is 0 Å². The smallest absolute Gasteiger partial charge is 0.175 e. The molecule has 0 aliphatic carbocycles. The summed E-state index contributed by atoms with van der Waals surface area (Å²) in [7, 11) is 1.93. The Balaban J connectivity index is 2.54. The number of nitrogens with two attached hydrogens (primary N) is 1. The third-order valence-corrected chi connectivity index (χ3v) is 3.37. The van der Waals surface area contributed by atoms with E-state index in [0.717, 1.165) is 48.6 Å². The van der Waals surface area contributed by atoms with Gasteiger partial charge < -0.3 is 5.73 Å². The second-order valence-corrected chi connectivity index (χ2v) is 4.80. The summed E-state index contributed by atoms with van der Waals surface area (Å²) in [6, 6.07) is 2.14. The van der Waals surface area contributed by atoms with Crippen molar-refractivity contribution in [3.63, 3.8) is 0 Å². The lowest BCUT2D eigenvalue weighted by atomic mass is 10.2. The molecule has 2 aromatic heterocycles. The molecule has 0 aliphatic heterocycles. The molecule has 0 bridgehead atoms. The summed E-state index contributed by atoms with van der Waals surface area (Å²) in [5.74, 6) is 0.889. The lowest BCUT2D eigenvalue weighted by Gasteiger charge is -2.07. The van der Waals surface area contributed by atoms with E-state index in [2.05, 4.69) is 37.0 Å². The van der Waals surface area contributed by atoms with Crippen molar-refractivity contribution >= 4 is 5.69 Å². The van der Waals surface area contributed by atoms with Gasteiger partial charge in [0.2, 0.25) is 0 Å². The zero-order valence-electron chi connectivity index (χ0n) is 12.3. The molecule has 2 N–H and O–H groups in total. The lowest BCUT2D eigenvalue weighted by Crippen LogP contribution is -2.09. The average molecular weight is 261 g/mol. The Morgan fingerprint density at radius 2 is 1.89 bits per heavy atom. The van der Waals surface area contributed by atoms with Gasteiger partial charge in [0.15, 0.2) is 5.82 Å². The molecule has 0 amide bonds. The van der Waals surface area contributed by atoms with E-state index in [1.54, 1.807) is 0 Å². The second kappa shape index (κ2) is 5.47. The number of aromatic nitrogens is 4. The highest BCUT2D eigenvalue weighted by atomic mass is 15.4. The molecular formula is C14H23N5. The highest BCUT2D eigenvalue weighted by Gasteiger charge is 2.17. The number of aryl methyl sites for hydroxylation is 4. The number of hydrogen-bond acceptors (Lipinski definition) is 3. The lowest BCUT2D eigenvalue weighted by molar-refractivity contribution is 0.667. The first-order chi connectivity index (χ1) is 9.12. The van der Waals surface area contributed by atoms with Gasteiger partial charge in [-0.25, -0.2) is 9.36 Å². The fraction of sp³-hybridized carbons (Fsp3) is 0.571. The van der Waals surface area contributed by atoms with E-state index in [1.807, 2.05) is 16.4 Å². The van der Waals surface area contributed by atoms with Gasteiger partial charge in [-0.1, -0.05) is 27.2 Å². The number of rotatable bonds is 5. The molecule has 0 saturated heterocycles. The SMILES string of the molecule is CCCc1nn(C)c(-n2nc(CC)cc2CC)c1N. The van der Waals surface area contributed by atoms with Crippen molar-refractivity contribution in [3.8, 4) is 5.82 Å². The zero-order chi connectivity index (χ0) is 14.0. The van der Waals surface area contributed by atoms with Crippen molar-refractivity contribution in [2.24, 2.45) is 7.05 Å². The van der Waals surface area contributed by atoms with Gasteiger partial charge in [0.05, 0.1) is 11.4 Å². The van der Waals surface area contributed by atoms with Crippen LogP contribution in [0.1, 0.15) is 44.3 Å². The van der Waals surface area contributed by atoms with Crippen LogP contribution >= 0.6 is 0 Å². The van der Waals surface area contributed by atoms with Gasteiger partial charge in [-0.05, 0) is 25.3 Å². The Hall–Kier alpha value is -1.78. The molecule has 0 radical (unpaired) electrons. The first-order valence-corrected chi connectivity index (χ1v) is 7.01. The van der Waals surface area contributed by atoms with Crippen LogP contribution in [0.5, 0.6) is 0 Å². The molecule has 104 valence electrons. The van der Waals surface area contributed by atoms with E-state index in [0.29, 0.717) is 0 Å². The van der Waals surface area contributed by atoms with Gasteiger partial charge in [-0.2, -0.15) is 10.2 Å². The summed E-state index contributed by atoms with van der Waals surface area (Å²) >= 11 is 0. The predicted molar refractivity (Wildman–Crippen MR) is 77.5 cm³/mol. The van der Waals surface area contributed by atoms with Gasteiger partial charge in [0.25, 0.3) is 0 Å². The molecule has 5 nitrogen and oxygen atoms in total. The Morgan fingerprint density at radius 1 is 1.16 bits per heavy atom. The molecule has 0 fully saturated rings. The van der Waals surface area contributed by atoms with E-state index < -0.39 is 0 Å². The van der Waals surface area contributed by atoms with Crippen molar-refractivity contribution in [1.82, 2.24) is 19.6 Å². The summed E-state index contributed by atoms with van der Waals surface area (Å²) in [6.45, 7) is 6.38. The van der Waals surface area contributed by atoms with Gasteiger partial charge in [0, 0.05) is 12.7 Å².